The fourth-order valence-electron chi connectivity index (χ4n) is 2.62. The number of hydrogen-bond acceptors (Lipinski definition) is 2. The van der Waals surface area contributed by atoms with Crippen LogP contribution in [0.1, 0.15) is 5.69 Å². The Morgan fingerprint density at radius 3 is 2.24 bits per heavy atom. The van der Waals surface area contributed by atoms with Crippen molar-refractivity contribution >= 4 is 11.1 Å². The fourth-order valence-corrected chi connectivity index (χ4v) is 2.62. The van der Waals surface area contributed by atoms with Crippen LogP contribution in [-0.4, -0.2) is 9.78 Å². The third kappa shape index (κ3) is 2.67. The molecule has 0 aliphatic heterocycles. The highest BCUT2D eigenvalue weighted by Crippen LogP contribution is 2.38. The number of alkyl halides is 3. The second-order valence-corrected chi connectivity index (χ2v) is 5.43. The highest BCUT2D eigenvalue weighted by Gasteiger charge is 2.38. The summed E-state index contributed by atoms with van der Waals surface area (Å²) in [5.41, 5.74) is -0.116. The van der Waals surface area contributed by atoms with Crippen molar-refractivity contribution in [2.24, 2.45) is 0 Å². The Hall–Kier alpha value is -3.09. The molecule has 0 fully saturated rings. The van der Waals surface area contributed by atoms with E-state index in [1.54, 1.807) is 30.3 Å². The molecular formula is C18H10F4N2O. The van der Waals surface area contributed by atoms with Gasteiger partial charge < -0.3 is 4.42 Å². The van der Waals surface area contributed by atoms with Crippen molar-refractivity contribution in [1.29, 1.82) is 0 Å². The van der Waals surface area contributed by atoms with Crippen LogP contribution in [-0.2, 0) is 6.18 Å². The lowest BCUT2D eigenvalue weighted by Gasteiger charge is -2.03. The molecule has 25 heavy (non-hydrogen) atoms. The average Bonchev–Trinajstić information content (AvgIpc) is 3.14. The van der Waals surface area contributed by atoms with Gasteiger partial charge in [0.25, 0.3) is 0 Å². The van der Waals surface area contributed by atoms with Crippen LogP contribution in [0.4, 0.5) is 17.6 Å². The average molecular weight is 346 g/mol. The summed E-state index contributed by atoms with van der Waals surface area (Å²) in [5, 5.41) is 3.53. The maximum absolute atomic E-state index is 13.3. The molecule has 0 aliphatic carbocycles. The zero-order valence-electron chi connectivity index (χ0n) is 12.6. The standard InChI is InChI=1S/C18H10F4N2O/c19-12-8-6-11(7-9-12)15-10-14-16(18(20,21)22)23-24(17(14)25-15)13-4-2-1-3-5-13/h1-10H. The van der Waals surface area contributed by atoms with E-state index in [0.717, 1.165) is 4.68 Å². The first-order chi connectivity index (χ1) is 11.9. The van der Waals surface area contributed by atoms with E-state index < -0.39 is 17.7 Å². The van der Waals surface area contributed by atoms with Crippen LogP contribution in [0, 0.1) is 5.82 Å². The second-order valence-electron chi connectivity index (χ2n) is 5.43. The van der Waals surface area contributed by atoms with Gasteiger partial charge in [0.2, 0.25) is 5.71 Å². The molecule has 7 heteroatoms. The zero-order valence-corrected chi connectivity index (χ0v) is 12.6. The predicted molar refractivity (Wildman–Crippen MR) is 83.7 cm³/mol. The van der Waals surface area contributed by atoms with Crippen LogP contribution in [0.5, 0.6) is 0 Å². The minimum atomic E-state index is -4.62. The summed E-state index contributed by atoms with van der Waals surface area (Å²) in [6, 6.07) is 15.0. The lowest BCUT2D eigenvalue weighted by molar-refractivity contribution is -0.140. The summed E-state index contributed by atoms with van der Waals surface area (Å²) in [5.74, 6) is -0.228. The second kappa shape index (κ2) is 5.47. The summed E-state index contributed by atoms with van der Waals surface area (Å²) in [7, 11) is 0. The van der Waals surface area contributed by atoms with Gasteiger partial charge in [0.15, 0.2) is 5.69 Å². The number of rotatable bonds is 2. The number of para-hydroxylation sites is 1. The Bertz CT molecular complexity index is 1030. The van der Waals surface area contributed by atoms with Crippen LogP contribution in [0.15, 0.2) is 65.1 Å². The molecule has 4 aromatic rings. The van der Waals surface area contributed by atoms with Crippen molar-refractivity contribution < 1.29 is 22.0 Å². The molecule has 2 aromatic carbocycles. The van der Waals surface area contributed by atoms with E-state index in [0.29, 0.717) is 11.3 Å². The van der Waals surface area contributed by atoms with Crippen LogP contribution in [0.3, 0.4) is 0 Å². The number of halogens is 4. The molecule has 0 bridgehead atoms. The molecule has 2 aromatic heterocycles. The predicted octanol–water partition coefficient (Wildman–Crippen LogP) is 5.44. The largest absolute Gasteiger partial charge is 0.438 e. The monoisotopic (exact) mass is 346 g/mol. The van der Waals surface area contributed by atoms with E-state index in [4.69, 9.17) is 4.42 Å². The lowest BCUT2D eigenvalue weighted by atomic mass is 10.1. The van der Waals surface area contributed by atoms with Gasteiger partial charge in [-0.15, -0.1) is 0 Å². The molecule has 126 valence electrons. The molecule has 0 atom stereocenters. The van der Waals surface area contributed by atoms with Crippen molar-refractivity contribution in [1.82, 2.24) is 9.78 Å². The van der Waals surface area contributed by atoms with Crippen molar-refractivity contribution in [3.8, 4) is 17.0 Å². The van der Waals surface area contributed by atoms with E-state index in [1.165, 1.54) is 30.3 Å². The van der Waals surface area contributed by atoms with Crippen LogP contribution in [0.2, 0.25) is 0 Å². The van der Waals surface area contributed by atoms with Crippen molar-refractivity contribution in [3.63, 3.8) is 0 Å². The first-order valence-electron chi connectivity index (χ1n) is 7.34. The molecule has 0 saturated heterocycles. The summed E-state index contributed by atoms with van der Waals surface area (Å²) in [4.78, 5) is 0. The van der Waals surface area contributed by atoms with Gasteiger partial charge in [-0.3, -0.25) is 0 Å². The zero-order chi connectivity index (χ0) is 17.6. The third-order valence-electron chi connectivity index (χ3n) is 3.76. The van der Waals surface area contributed by atoms with Gasteiger partial charge in [-0.25, -0.2) is 4.39 Å². The number of furan rings is 1. The Balaban J connectivity index is 1.96. The van der Waals surface area contributed by atoms with E-state index in [9.17, 15) is 17.6 Å². The van der Waals surface area contributed by atoms with Crippen molar-refractivity contribution in [2.75, 3.05) is 0 Å². The summed E-state index contributed by atoms with van der Waals surface area (Å²) in [6.07, 6.45) is -4.62. The summed E-state index contributed by atoms with van der Waals surface area (Å²) in [6.45, 7) is 0. The lowest BCUT2D eigenvalue weighted by Crippen LogP contribution is -2.07. The minimum absolute atomic E-state index is 0.0159. The Kier molecular flexibility index (Phi) is 3.38. The number of fused-ring (bicyclic) bond motifs is 1. The normalized spacial score (nSPS) is 12.0. The summed E-state index contributed by atoms with van der Waals surface area (Å²) < 4.78 is 59.8. The highest BCUT2D eigenvalue weighted by atomic mass is 19.4. The maximum atomic E-state index is 13.3. The highest BCUT2D eigenvalue weighted by molar-refractivity contribution is 5.84. The van der Waals surface area contributed by atoms with Gasteiger partial charge in [0, 0.05) is 5.56 Å². The van der Waals surface area contributed by atoms with Crippen molar-refractivity contribution in [2.45, 2.75) is 6.18 Å². The number of benzene rings is 2. The third-order valence-corrected chi connectivity index (χ3v) is 3.76. The molecule has 3 nitrogen and oxygen atoms in total. The number of hydrogen-bond donors (Lipinski definition) is 0. The van der Waals surface area contributed by atoms with Gasteiger partial charge >= 0.3 is 6.18 Å². The molecule has 4 rings (SSSR count). The first-order valence-corrected chi connectivity index (χ1v) is 7.34. The maximum Gasteiger partial charge on any atom is 0.435 e. The molecule has 0 N–H and O–H groups in total. The molecule has 0 radical (unpaired) electrons. The Morgan fingerprint density at radius 1 is 0.920 bits per heavy atom. The van der Waals surface area contributed by atoms with Gasteiger partial charge in [0.1, 0.15) is 11.6 Å². The van der Waals surface area contributed by atoms with Crippen LogP contribution in [0.25, 0.3) is 28.1 Å². The minimum Gasteiger partial charge on any atom is -0.438 e. The SMILES string of the molecule is Fc1ccc(-c2cc3c(C(F)(F)F)nn(-c4ccccc4)c3o2)cc1. The van der Waals surface area contributed by atoms with E-state index in [1.807, 2.05) is 0 Å². The quantitative estimate of drug-likeness (QED) is 0.452. The van der Waals surface area contributed by atoms with Crippen molar-refractivity contribution in [3.05, 3.63) is 72.2 Å². The Labute approximate surface area is 139 Å². The summed E-state index contributed by atoms with van der Waals surface area (Å²) >= 11 is 0. The molecule has 0 spiro atoms. The van der Waals surface area contributed by atoms with Gasteiger partial charge in [-0.1, -0.05) is 18.2 Å². The molecule has 0 amide bonds. The van der Waals surface area contributed by atoms with Crippen LogP contribution >= 0.6 is 0 Å². The molecule has 0 unspecified atom stereocenters. The molecule has 0 aliphatic rings. The smallest absolute Gasteiger partial charge is 0.435 e. The van der Waals surface area contributed by atoms with Crippen LogP contribution < -0.4 is 0 Å². The molecule has 2 heterocycles. The van der Waals surface area contributed by atoms with E-state index in [-0.39, 0.29) is 16.9 Å². The van der Waals surface area contributed by atoms with E-state index in [2.05, 4.69) is 5.10 Å². The molecule has 0 saturated carbocycles. The topological polar surface area (TPSA) is 31.0 Å². The van der Waals surface area contributed by atoms with Gasteiger partial charge in [-0.2, -0.15) is 23.0 Å². The van der Waals surface area contributed by atoms with Gasteiger partial charge in [-0.05, 0) is 42.5 Å². The Morgan fingerprint density at radius 2 is 1.60 bits per heavy atom. The number of nitrogens with zero attached hydrogens (tertiary/aromatic N) is 2. The van der Waals surface area contributed by atoms with Gasteiger partial charge in [0.05, 0.1) is 11.1 Å². The number of aromatic nitrogens is 2. The fraction of sp³-hybridized carbons (Fsp3) is 0.0556. The van der Waals surface area contributed by atoms with E-state index >= 15 is 0 Å². The molecular weight excluding hydrogens is 336 g/mol. The first kappa shape index (κ1) is 15.4.